The predicted molar refractivity (Wildman–Crippen MR) is 33.5 cm³/mol. The van der Waals surface area contributed by atoms with Crippen LogP contribution in [0.4, 0.5) is 0 Å². The van der Waals surface area contributed by atoms with Crippen molar-refractivity contribution in [2.24, 2.45) is 0 Å². The lowest BCUT2D eigenvalue weighted by Gasteiger charge is -2.27. The van der Waals surface area contributed by atoms with Crippen LogP contribution < -0.4 is 5.32 Å². The van der Waals surface area contributed by atoms with Gasteiger partial charge in [0.15, 0.2) is 0 Å². The van der Waals surface area contributed by atoms with Crippen LogP contribution in [0.2, 0.25) is 0 Å². The zero-order chi connectivity index (χ0) is 7.56. The smallest absolute Gasteiger partial charge is 0.235 e. The van der Waals surface area contributed by atoms with Gasteiger partial charge in [0.05, 0.1) is 6.54 Å². The lowest BCUT2D eigenvalue weighted by molar-refractivity contribution is -0.122. The number of hydrogen-bond acceptors (Lipinski definition) is 3. The van der Waals surface area contributed by atoms with Crippen LogP contribution in [-0.4, -0.2) is 38.6 Å². The molecule has 0 spiro atoms. The van der Waals surface area contributed by atoms with E-state index in [2.05, 4.69) is 5.32 Å². The Morgan fingerprint density at radius 3 is 2.80 bits per heavy atom. The maximum Gasteiger partial charge on any atom is 0.235 e. The van der Waals surface area contributed by atoms with Crippen molar-refractivity contribution in [3.63, 3.8) is 0 Å². The molecule has 1 amide bonds. The first-order chi connectivity index (χ1) is 4.70. The Bertz CT molecular complexity index is 170. The molecule has 0 bridgehead atoms. The summed E-state index contributed by atoms with van der Waals surface area (Å²) in [6, 6.07) is 0. The second kappa shape index (κ2) is 3.09. The van der Waals surface area contributed by atoms with Crippen LogP contribution in [0.25, 0.3) is 0 Å². The van der Waals surface area contributed by atoms with E-state index in [1.807, 2.05) is 0 Å². The lowest BCUT2D eigenvalue weighted by Crippen LogP contribution is -2.47. The molecule has 0 saturated carbocycles. The van der Waals surface area contributed by atoms with E-state index in [0.717, 1.165) is 4.31 Å². The number of carbonyl (C=O) groups excluding carboxylic acids is 1. The monoisotopic (exact) mass is 163 g/mol. The highest BCUT2D eigenvalue weighted by Crippen LogP contribution is 1.94. The molecule has 0 aromatic heterocycles. The van der Waals surface area contributed by atoms with E-state index in [-0.39, 0.29) is 12.5 Å². The van der Waals surface area contributed by atoms with Crippen molar-refractivity contribution < 1.29 is 13.6 Å². The first-order valence-corrected chi connectivity index (χ1v) is 3.84. The standard InChI is InChI=1S/C4H8N2O3S/c7-4-3-6(10(8)9)2-1-5-4/h1-3H2,(H,5,7)(H,8,9)/p-1. The first kappa shape index (κ1) is 7.64. The number of rotatable bonds is 1. The Morgan fingerprint density at radius 2 is 2.40 bits per heavy atom. The minimum atomic E-state index is -2.25. The minimum Gasteiger partial charge on any atom is -0.760 e. The summed E-state index contributed by atoms with van der Waals surface area (Å²) in [6.45, 7) is 0.741. The van der Waals surface area contributed by atoms with Crippen molar-refractivity contribution in [2.45, 2.75) is 0 Å². The van der Waals surface area contributed by atoms with Gasteiger partial charge in [-0.25, -0.2) is 4.31 Å². The second-order valence-corrected chi connectivity index (χ2v) is 2.88. The molecule has 0 aromatic carbocycles. The third-order valence-corrected chi connectivity index (χ3v) is 1.95. The quantitative estimate of drug-likeness (QED) is 0.464. The highest BCUT2D eigenvalue weighted by molar-refractivity contribution is 7.76. The molecular weight excluding hydrogens is 156 g/mol. The second-order valence-electron chi connectivity index (χ2n) is 1.93. The van der Waals surface area contributed by atoms with Crippen LogP contribution in [0, 0.1) is 0 Å². The minimum absolute atomic E-state index is 0.0455. The average Bonchev–Trinajstić information content (AvgIpc) is 1.88. The SMILES string of the molecule is O=C1CN(S(=O)[O-])CCN1. The maximum atomic E-state index is 10.6. The van der Waals surface area contributed by atoms with Gasteiger partial charge in [-0.05, 0) is 0 Å². The third kappa shape index (κ3) is 1.76. The van der Waals surface area contributed by atoms with Crippen molar-refractivity contribution in [3.05, 3.63) is 0 Å². The van der Waals surface area contributed by atoms with Gasteiger partial charge in [0.25, 0.3) is 0 Å². The largest absolute Gasteiger partial charge is 0.760 e. The summed E-state index contributed by atoms with van der Waals surface area (Å²) in [4.78, 5) is 10.6. The Labute approximate surface area is 60.8 Å². The van der Waals surface area contributed by atoms with E-state index in [4.69, 9.17) is 0 Å². The molecule has 1 aliphatic heterocycles. The van der Waals surface area contributed by atoms with Crippen molar-refractivity contribution >= 4 is 17.2 Å². The highest BCUT2D eigenvalue weighted by Gasteiger charge is 2.15. The summed E-state index contributed by atoms with van der Waals surface area (Å²) in [6.07, 6.45) is 0. The van der Waals surface area contributed by atoms with Gasteiger partial charge in [0, 0.05) is 24.4 Å². The molecule has 6 heteroatoms. The Balaban J connectivity index is 2.47. The maximum absolute atomic E-state index is 10.6. The summed E-state index contributed by atoms with van der Waals surface area (Å²) in [7, 11) is 0. The molecule has 1 fully saturated rings. The van der Waals surface area contributed by atoms with Gasteiger partial charge < -0.3 is 9.87 Å². The number of amides is 1. The van der Waals surface area contributed by atoms with Gasteiger partial charge >= 0.3 is 0 Å². The van der Waals surface area contributed by atoms with Crippen LogP contribution in [0.15, 0.2) is 0 Å². The predicted octanol–water partition coefficient (Wildman–Crippen LogP) is -1.79. The molecule has 1 unspecified atom stereocenters. The molecule has 1 N–H and O–H groups in total. The van der Waals surface area contributed by atoms with E-state index >= 15 is 0 Å². The van der Waals surface area contributed by atoms with Crippen LogP contribution in [0.3, 0.4) is 0 Å². The van der Waals surface area contributed by atoms with Crippen molar-refractivity contribution in [1.29, 1.82) is 0 Å². The van der Waals surface area contributed by atoms with Gasteiger partial charge in [-0.15, -0.1) is 0 Å². The van der Waals surface area contributed by atoms with E-state index in [9.17, 15) is 13.6 Å². The Hall–Kier alpha value is -0.460. The van der Waals surface area contributed by atoms with Crippen molar-refractivity contribution in [1.82, 2.24) is 9.62 Å². The fraction of sp³-hybridized carbons (Fsp3) is 0.750. The van der Waals surface area contributed by atoms with Crippen LogP contribution in [0.1, 0.15) is 0 Å². The molecule has 1 saturated heterocycles. The van der Waals surface area contributed by atoms with Gasteiger partial charge in [0.1, 0.15) is 0 Å². The highest BCUT2D eigenvalue weighted by atomic mass is 32.2. The van der Waals surface area contributed by atoms with Crippen LogP contribution in [0.5, 0.6) is 0 Å². The molecule has 5 nitrogen and oxygen atoms in total. The molecule has 1 rings (SSSR count). The number of nitrogens with zero attached hydrogens (tertiary/aromatic N) is 1. The van der Waals surface area contributed by atoms with E-state index in [1.54, 1.807) is 0 Å². The average molecular weight is 163 g/mol. The van der Waals surface area contributed by atoms with E-state index in [0.29, 0.717) is 13.1 Å². The number of hydrogen-bond donors (Lipinski definition) is 1. The molecular formula is C4H7N2O3S-. The molecule has 1 atom stereocenters. The lowest BCUT2D eigenvalue weighted by atomic mass is 10.4. The van der Waals surface area contributed by atoms with Crippen molar-refractivity contribution in [3.8, 4) is 0 Å². The van der Waals surface area contributed by atoms with Gasteiger partial charge in [0.2, 0.25) is 5.91 Å². The molecule has 0 aromatic rings. The number of nitrogens with one attached hydrogen (secondary N) is 1. The molecule has 58 valence electrons. The molecule has 0 aliphatic carbocycles. The van der Waals surface area contributed by atoms with Crippen molar-refractivity contribution in [2.75, 3.05) is 19.6 Å². The van der Waals surface area contributed by atoms with Crippen LogP contribution >= 0.6 is 0 Å². The van der Waals surface area contributed by atoms with Crippen LogP contribution in [-0.2, 0) is 16.1 Å². The summed E-state index contributed by atoms with van der Waals surface area (Å²) < 4.78 is 21.6. The Kier molecular flexibility index (Phi) is 2.36. The summed E-state index contributed by atoms with van der Waals surface area (Å²) in [5.74, 6) is -0.240. The summed E-state index contributed by atoms with van der Waals surface area (Å²) in [5.41, 5.74) is 0. The Morgan fingerprint density at radius 1 is 1.70 bits per heavy atom. The molecule has 10 heavy (non-hydrogen) atoms. The van der Waals surface area contributed by atoms with E-state index in [1.165, 1.54) is 0 Å². The summed E-state index contributed by atoms with van der Waals surface area (Å²) in [5, 5.41) is 2.51. The number of piperazine rings is 1. The number of carbonyl (C=O) groups is 1. The van der Waals surface area contributed by atoms with Gasteiger partial charge in [-0.2, -0.15) is 0 Å². The zero-order valence-electron chi connectivity index (χ0n) is 5.20. The first-order valence-electron chi connectivity index (χ1n) is 2.81. The third-order valence-electron chi connectivity index (χ3n) is 1.21. The topological polar surface area (TPSA) is 72.5 Å². The summed E-state index contributed by atoms with van der Waals surface area (Å²) >= 11 is -2.25. The van der Waals surface area contributed by atoms with Gasteiger partial charge in [-0.3, -0.25) is 9.00 Å². The zero-order valence-corrected chi connectivity index (χ0v) is 6.02. The molecule has 1 aliphatic rings. The fourth-order valence-corrected chi connectivity index (χ4v) is 1.21. The fourth-order valence-electron chi connectivity index (χ4n) is 0.742. The van der Waals surface area contributed by atoms with Gasteiger partial charge in [-0.1, -0.05) is 0 Å². The molecule has 1 heterocycles. The normalized spacial score (nSPS) is 23.9. The van der Waals surface area contributed by atoms with E-state index < -0.39 is 11.3 Å². The molecule has 0 radical (unpaired) electrons.